The summed E-state index contributed by atoms with van der Waals surface area (Å²) in [6.45, 7) is 3.59. The van der Waals surface area contributed by atoms with E-state index in [0.29, 0.717) is 5.84 Å². The summed E-state index contributed by atoms with van der Waals surface area (Å²) in [5.74, 6) is 0.340. The quantitative estimate of drug-likeness (QED) is 0.412. The monoisotopic (exact) mass is 236 g/mol. The number of rotatable bonds is 1. The van der Waals surface area contributed by atoms with Gasteiger partial charge in [0.2, 0.25) is 0 Å². The van der Waals surface area contributed by atoms with Gasteiger partial charge in [-0.2, -0.15) is 0 Å². The van der Waals surface area contributed by atoms with E-state index >= 15 is 0 Å². The van der Waals surface area contributed by atoms with Crippen LogP contribution in [0.5, 0.6) is 0 Å². The van der Waals surface area contributed by atoms with Crippen LogP contribution >= 0.6 is 22.6 Å². The molecule has 0 heterocycles. The molecule has 0 amide bonds. The number of hydrogen-bond acceptors (Lipinski definition) is 1. The van der Waals surface area contributed by atoms with Crippen molar-refractivity contribution >= 4 is 34.6 Å². The van der Waals surface area contributed by atoms with Crippen LogP contribution in [0.1, 0.15) is 13.8 Å². The molecule has 0 atom stereocenters. The van der Waals surface area contributed by atoms with E-state index in [-0.39, 0.29) is 0 Å². The molecule has 0 aromatic heterocycles. The molecule has 0 saturated carbocycles. The Hall–Kier alpha value is -0.190. The zero-order valence-electron chi connectivity index (χ0n) is 5.48. The van der Waals surface area contributed by atoms with Gasteiger partial charge in [-0.05, 0) is 23.5 Å². The second-order valence-electron chi connectivity index (χ2n) is 1.70. The van der Waals surface area contributed by atoms with Crippen LogP contribution in [0.15, 0.2) is 14.6 Å². The molecule has 0 radical (unpaired) electrons. The van der Waals surface area contributed by atoms with Gasteiger partial charge in [0.15, 0.2) is 0 Å². The maximum Gasteiger partial charge on any atom is 0.117 e. The molecule has 0 aliphatic carbocycles. The van der Waals surface area contributed by atoms with Crippen LogP contribution in [0.4, 0.5) is 0 Å². The number of halogens is 1. The molecule has 0 unspecified atom stereocenters. The van der Waals surface area contributed by atoms with Gasteiger partial charge >= 0.3 is 0 Å². The fourth-order valence-electron chi connectivity index (χ4n) is 0.227. The first-order chi connectivity index (χ1) is 4.16. The van der Waals surface area contributed by atoms with E-state index in [0.717, 1.165) is 5.57 Å². The predicted molar refractivity (Wildman–Crippen MR) is 49.7 cm³/mol. The minimum atomic E-state index is 0.340. The van der Waals surface area contributed by atoms with Crippen LogP contribution in [0, 0.1) is 5.41 Å². The fraction of sp³-hybridized carbons (Fsp3) is 0.333. The summed E-state index contributed by atoms with van der Waals surface area (Å²) in [6, 6.07) is 0. The SMILES string of the molecule is CC(=N)/N=C\C(C)=C/I. The Kier molecular flexibility index (Phi) is 4.57. The fourth-order valence-corrected chi connectivity index (χ4v) is 0.388. The highest BCUT2D eigenvalue weighted by Crippen LogP contribution is 1.93. The van der Waals surface area contributed by atoms with Gasteiger partial charge in [0.05, 0.1) is 0 Å². The second-order valence-corrected chi connectivity index (χ2v) is 2.32. The standard InChI is InChI=1S/C6H9IN2/c1-5(3-7)4-9-6(2)8/h3-4,8H,1-2H3/b5-3-,8-6?,9-4-. The van der Waals surface area contributed by atoms with Gasteiger partial charge < -0.3 is 0 Å². The maximum absolute atomic E-state index is 6.94. The van der Waals surface area contributed by atoms with Crippen molar-refractivity contribution in [2.24, 2.45) is 4.99 Å². The van der Waals surface area contributed by atoms with Crippen molar-refractivity contribution in [3.63, 3.8) is 0 Å². The third-order valence-electron chi connectivity index (χ3n) is 0.634. The van der Waals surface area contributed by atoms with Gasteiger partial charge in [-0.3, -0.25) is 5.41 Å². The van der Waals surface area contributed by atoms with Crippen LogP contribution < -0.4 is 0 Å². The van der Waals surface area contributed by atoms with Crippen LogP contribution in [-0.2, 0) is 0 Å². The molecule has 0 rings (SSSR count). The van der Waals surface area contributed by atoms with Crippen LogP contribution in [0.25, 0.3) is 0 Å². The molecule has 9 heavy (non-hydrogen) atoms. The molecule has 0 aromatic rings. The lowest BCUT2D eigenvalue weighted by Gasteiger charge is -1.84. The summed E-state index contributed by atoms with van der Waals surface area (Å²) >= 11 is 2.14. The predicted octanol–water partition coefficient (Wildman–Crippen LogP) is 2.39. The zero-order chi connectivity index (χ0) is 7.28. The molecule has 0 saturated heterocycles. The molecule has 0 aliphatic rings. The van der Waals surface area contributed by atoms with E-state index < -0.39 is 0 Å². The summed E-state index contributed by atoms with van der Waals surface area (Å²) in [5.41, 5.74) is 1.07. The van der Waals surface area contributed by atoms with E-state index in [1.807, 2.05) is 11.0 Å². The highest BCUT2D eigenvalue weighted by molar-refractivity contribution is 14.1. The molecule has 0 bridgehead atoms. The first-order valence-corrected chi connectivity index (χ1v) is 3.77. The number of aliphatic imine (C=N–C) groups is 1. The molecule has 0 spiro atoms. The average Bonchev–Trinajstić information content (AvgIpc) is 1.83. The average molecular weight is 236 g/mol. The Labute approximate surface area is 68.7 Å². The Bertz CT molecular complexity index is 158. The molecule has 0 aromatic carbocycles. The van der Waals surface area contributed by atoms with Crippen LogP contribution in [0.3, 0.4) is 0 Å². The minimum Gasteiger partial charge on any atom is -0.287 e. The minimum absolute atomic E-state index is 0.340. The lowest BCUT2D eigenvalue weighted by molar-refractivity contribution is 1.41. The molecular weight excluding hydrogens is 227 g/mol. The Morgan fingerprint density at radius 3 is 2.44 bits per heavy atom. The van der Waals surface area contributed by atoms with Crippen LogP contribution in [0.2, 0.25) is 0 Å². The van der Waals surface area contributed by atoms with Gasteiger partial charge in [0.25, 0.3) is 0 Å². The third kappa shape index (κ3) is 5.68. The smallest absolute Gasteiger partial charge is 0.117 e. The molecule has 0 fully saturated rings. The van der Waals surface area contributed by atoms with Crippen molar-refractivity contribution in [1.82, 2.24) is 0 Å². The van der Waals surface area contributed by atoms with Crippen LogP contribution in [-0.4, -0.2) is 12.1 Å². The maximum atomic E-state index is 6.94. The number of nitrogens with zero attached hydrogens (tertiary/aromatic N) is 1. The van der Waals surface area contributed by atoms with Crippen molar-refractivity contribution < 1.29 is 0 Å². The summed E-state index contributed by atoms with van der Waals surface area (Å²) in [7, 11) is 0. The number of hydrogen-bond donors (Lipinski definition) is 1. The number of allylic oxidation sites excluding steroid dienone is 1. The normalized spacial score (nSPS) is 12.6. The van der Waals surface area contributed by atoms with Gasteiger partial charge in [0, 0.05) is 6.21 Å². The Morgan fingerprint density at radius 2 is 2.11 bits per heavy atom. The molecular formula is C6H9IN2. The van der Waals surface area contributed by atoms with Crippen molar-refractivity contribution in [2.75, 3.05) is 0 Å². The third-order valence-corrected chi connectivity index (χ3v) is 1.62. The Balaban J connectivity index is 3.86. The van der Waals surface area contributed by atoms with Crippen molar-refractivity contribution in [3.05, 3.63) is 9.66 Å². The highest BCUT2D eigenvalue weighted by atomic mass is 127. The van der Waals surface area contributed by atoms with Gasteiger partial charge in [0.1, 0.15) is 5.84 Å². The lowest BCUT2D eigenvalue weighted by atomic mass is 10.4. The van der Waals surface area contributed by atoms with E-state index in [2.05, 4.69) is 27.6 Å². The van der Waals surface area contributed by atoms with E-state index in [1.54, 1.807) is 13.1 Å². The van der Waals surface area contributed by atoms with Gasteiger partial charge in [-0.15, -0.1) is 0 Å². The summed E-state index contributed by atoms with van der Waals surface area (Å²) in [4.78, 5) is 3.78. The first-order valence-electron chi connectivity index (χ1n) is 2.53. The van der Waals surface area contributed by atoms with Crippen molar-refractivity contribution in [2.45, 2.75) is 13.8 Å². The van der Waals surface area contributed by atoms with E-state index in [1.165, 1.54) is 0 Å². The summed E-state index contributed by atoms with van der Waals surface area (Å²) in [5, 5.41) is 6.94. The number of nitrogens with one attached hydrogen (secondary N) is 1. The second kappa shape index (κ2) is 4.67. The van der Waals surface area contributed by atoms with Gasteiger partial charge in [-0.1, -0.05) is 22.6 Å². The van der Waals surface area contributed by atoms with E-state index in [4.69, 9.17) is 5.41 Å². The topological polar surface area (TPSA) is 36.2 Å². The molecule has 3 heteroatoms. The molecule has 2 nitrogen and oxygen atoms in total. The number of amidine groups is 1. The summed E-state index contributed by atoms with van der Waals surface area (Å²) < 4.78 is 1.92. The van der Waals surface area contributed by atoms with E-state index in [9.17, 15) is 0 Å². The van der Waals surface area contributed by atoms with Crippen molar-refractivity contribution in [1.29, 1.82) is 5.41 Å². The largest absolute Gasteiger partial charge is 0.287 e. The first kappa shape index (κ1) is 8.81. The lowest BCUT2D eigenvalue weighted by Crippen LogP contribution is -1.83. The Morgan fingerprint density at radius 1 is 1.56 bits per heavy atom. The molecule has 0 aliphatic heterocycles. The molecule has 50 valence electrons. The highest BCUT2D eigenvalue weighted by Gasteiger charge is 1.78. The van der Waals surface area contributed by atoms with Crippen molar-refractivity contribution in [3.8, 4) is 0 Å². The zero-order valence-corrected chi connectivity index (χ0v) is 7.64. The molecule has 1 N–H and O–H groups in total. The summed E-state index contributed by atoms with van der Waals surface area (Å²) in [6.07, 6.45) is 1.68. The van der Waals surface area contributed by atoms with Gasteiger partial charge in [-0.25, -0.2) is 4.99 Å².